The summed E-state index contributed by atoms with van der Waals surface area (Å²) in [5, 5.41) is 3.41. The standard InChI is InChI=1S/C12H17N3/c13-11-10-1-4-15-8-9(10)7-12(11)2-5-14-6-3-12/h1,4,8,11,14H,2-3,5-7,13H2/t11-/m1/s1. The molecule has 1 fully saturated rings. The lowest BCUT2D eigenvalue weighted by molar-refractivity contribution is 0.174. The Hall–Kier alpha value is -0.930. The zero-order valence-electron chi connectivity index (χ0n) is 8.87. The summed E-state index contributed by atoms with van der Waals surface area (Å²) in [6.45, 7) is 2.21. The fraction of sp³-hybridized carbons (Fsp3) is 0.583. The van der Waals surface area contributed by atoms with Gasteiger partial charge in [0.15, 0.2) is 0 Å². The lowest BCUT2D eigenvalue weighted by Gasteiger charge is -2.37. The average molecular weight is 203 g/mol. The summed E-state index contributed by atoms with van der Waals surface area (Å²) in [6, 6.07) is 2.31. The topological polar surface area (TPSA) is 50.9 Å². The third kappa shape index (κ3) is 1.30. The fourth-order valence-electron chi connectivity index (χ4n) is 3.12. The summed E-state index contributed by atoms with van der Waals surface area (Å²) in [5.74, 6) is 0. The molecule has 3 nitrogen and oxygen atoms in total. The maximum Gasteiger partial charge on any atom is 0.0360 e. The summed E-state index contributed by atoms with van der Waals surface area (Å²) >= 11 is 0. The van der Waals surface area contributed by atoms with Crippen molar-refractivity contribution in [3.8, 4) is 0 Å². The largest absolute Gasteiger partial charge is 0.323 e. The van der Waals surface area contributed by atoms with E-state index in [2.05, 4.69) is 16.4 Å². The Kier molecular flexibility index (Phi) is 2.04. The van der Waals surface area contributed by atoms with Crippen LogP contribution in [0, 0.1) is 5.41 Å². The highest BCUT2D eigenvalue weighted by Gasteiger charge is 2.44. The molecular weight excluding hydrogens is 186 g/mol. The summed E-state index contributed by atoms with van der Waals surface area (Å²) in [5.41, 5.74) is 9.41. The second-order valence-electron chi connectivity index (χ2n) is 4.84. The van der Waals surface area contributed by atoms with Crippen LogP contribution < -0.4 is 11.1 Å². The van der Waals surface area contributed by atoms with Gasteiger partial charge in [-0.3, -0.25) is 4.98 Å². The Bertz CT molecular complexity index is 369. The van der Waals surface area contributed by atoms with E-state index < -0.39 is 0 Å². The molecule has 2 heterocycles. The number of fused-ring (bicyclic) bond motifs is 1. The second-order valence-corrected chi connectivity index (χ2v) is 4.84. The van der Waals surface area contributed by atoms with Crippen LogP contribution in [0.5, 0.6) is 0 Å². The van der Waals surface area contributed by atoms with Crippen LogP contribution in [0.2, 0.25) is 0 Å². The smallest absolute Gasteiger partial charge is 0.0360 e. The number of nitrogens with one attached hydrogen (secondary N) is 1. The van der Waals surface area contributed by atoms with Gasteiger partial charge >= 0.3 is 0 Å². The maximum absolute atomic E-state index is 6.40. The van der Waals surface area contributed by atoms with E-state index >= 15 is 0 Å². The van der Waals surface area contributed by atoms with Crippen molar-refractivity contribution in [2.24, 2.45) is 11.1 Å². The highest BCUT2D eigenvalue weighted by atomic mass is 14.9. The van der Waals surface area contributed by atoms with Crippen molar-refractivity contribution in [2.75, 3.05) is 13.1 Å². The minimum Gasteiger partial charge on any atom is -0.323 e. The molecule has 1 aliphatic carbocycles. The quantitative estimate of drug-likeness (QED) is 0.661. The van der Waals surface area contributed by atoms with E-state index in [1.54, 1.807) is 0 Å². The number of hydrogen-bond donors (Lipinski definition) is 2. The van der Waals surface area contributed by atoms with Gasteiger partial charge in [-0.1, -0.05) is 0 Å². The molecule has 3 rings (SSSR count). The van der Waals surface area contributed by atoms with Crippen LogP contribution in [0.15, 0.2) is 18.5 Å². The Morgan fingerprint density at radius 2 is 2.20 bits per heavy atom. The van der Waals surface area contributed by atoms with Gasteiger partial charge < -0.3 is 11.1 Å². The van der Waals surface area contributed by atoms with Crippen LogP contribution in [0.3, 0.4) is 0 Å². The molecule has 0 saturated carbocycles. The first-order valence-corrected chi connectivity index (χ1v) is 5.71. The van der Waals surface area contributed by atoms with Crippen LogP contribution in [0.1, 0.15) is 30.0 Å². The number of nitrogens with zero attached hydrogens (tertiary/aromatic N) is 1. The lowest BCUT2D eigenvalue weighted by Crippen LogP contribution is -2.41. The van der Waals surface area contributed by atoms with Gasteiger partial charge in [-0.2, -0.15) is 0 Å². The molecule has 0 bridgehead atoms. The molecule has 1 saturated heterocycles. The first kappa shape index (κ1) is 9.31. The average Bonchev–Trinajstić information content (AvgIpc) is 2.54. The molecule has 15 heavy (non-hydrogen) atoms. The number of hydrogen-bond acceptors (Lipinski definition) is 3. The summed E-state index contributed by atoms with van der Waals surface area (Å²) in [4.78, 5) is 4.20. The number of aromatic nitrogens is 1. The Labute approximate surface area is 90.1 Å². The van der Waals surface area contributed by atoms with E-state index in [1.807, 2.05) is 12.4 Å². The monoisotopic (exact) mass is 203 g/mol. The third-order valence-corrected chi connectivity index (χ3v) is 4.08. The highest BCUT2D eigenvalue weighted by Crippen LogP contribution is 2.49. The van der Waals surface area contributed by atoms with Crippen LogP contribution in [0.25, 0.3) is 0 Å². The Morgan fingerprint density at radius 1 is 1.40 bits per heavy atom. The second kappa shape index (κ2) is 3.29. The van der Waals surface area contributed by atoms with Gasteiger partial charge in [-0.15, -0.1) is 0 Å². The van der Waals surface area contributed by atoms with Gasteiger partial charge in [0.1, 0.15) is 0 Å². The number of nitrogens with two attached hydrogens (primary N) is 1. The normalized spacial score (nSPS) is 27.9. The molecule has 1 aromatic heterocycles. The van der Waals surface area contributed by atoms with E-state index in [4.69, 9.17) is 5.73 Å². The van der Waals surface area contributed by atoms with E-state index in [-0.39, 0.29) is 6.04 Å². The van der Waals surface area contributed by atoms with Gasteiger partial charge in [0.05, 0.1) is 0 Å². The van der Waals surface area contributed by atoms with E-state index in [0.29, 0.717) is 5.41 Å². The highest BCUT2D eigenvalue weighted by molar-refractivity contribution is 5.35. The third-order valence-electron chi connectivity index (χ3n) is 4.08. The molecule has 0 aromatic carbocycles. The zero-order valence-corrected chi connectivity index (χ0v) is 8.87. The summed E-state index contributed by atoms with van der Waals surface area (Å²) < 4.78 is 0. The predicted molar refractivity (Wildman–Crippen MR) is 59.4 cm³/mol. The van der Waals surface area contributed by atoms with Gasteiger partial charge in [0, 0.05) is 18.4 Å². The van der Waals surface area contributed by atoms with E-state index in [9.17, 15) is 0 Å². The molecule has 0 unspecified atom stereocenters. The number of pyridine rings is 1. The van der Waals surface area contributed by atoms with Gasteiger partial charge in [0.2, 0.25) is 0 Å². The van der Waals surface area contributed by atoms with Crippen molar-refractivity contribution in [1.29, 1.82) is 0 Å². The van der Waals surface area contributed by atoms with Crippen molar-refractivity contribution in [2.45, 2.75) is 25.3 Å². The molecule has 80 valence electrons. The maximum atomic E-state index is 6.40. The molecule has 1 aliphatic heterocycles. The van der Waals surface area contributed by atoms with Crippen molar-refractivity contribution in [3.63, 3.8) is 0 Å². The molecular formula is C12H17N3. The molecule has 1 atom stereocenters. The fourth-order valence-corrected chi connectivity index (χ4v) is 3.12. The Balaban J connectivity index is 1.98. The van der Waals surface area contributed by atoms with Crippen LogP contribution in [-0.2, 0) is 6.42 Å². The number of piperidine rings is 1. The van der Waals surface area contributed by atoms with Gasteiger partial charge in [-0.05, 0) is 55.0 Å². The molecule has 0 radical (unpaired) electrons. The number of rotatable bonds is 0. The van der Waals surface area contributed by atoms with Crippen molar-refractivity contribution < 1.29 is 0 Å². The first-order chi connectivity index (χ1) is 7.32. The molecule has 3 heteroatoms. The molecule has 1 spiro atoms. The minimum atomic E-state index is 0.220. The summed E-state index contributed by atoms with van der Waals surface area (Å²) in [7, 11) is 0. The summed E-state index contributed by atoms with van der Waals surface area (Å²) in [6.07, 6.45) is 7.37. The minimum absolute atomic E-state index is 0.220. The van der Waals surface area contributed by atoms with Gasteiger partial charge in [0.25, 0.3) is 0 Å². The van der Waals surface area contributed by atoms with Gasteiger partial charge in [-0.25, -0.2) is 0 Å². The van der Waals surface area contributed by atoms with Crippen LogP contribution in [-0.4, -0.2) is 18.1 Å². The lowest BCUT2D eigenvalue weighted by atomic mass is 9.73. The van der Waals surface area contributed by atoms with Crippen molar-refractivity contribution in [3.05, 3.63) is 29.6 Å². The molecule has 1 aromatic rings. The molecule has 2 aliphatic rings. The SMILES string of the molecule is N[C@@H]1c2ccncc2CC12CCNCC2. The van der Waals surface area contributed by atoms with Crippen molar-refractivity contribution in [1.82, 2.24) is 10.3 Å². The first-order valence-electron chi connectivity index (χ1n) is 5.71. The zero-order chi connectivity index (χ0) is 10.3. The predicted octanol–water partition coefficient (Wildman–Crippen LogP) is 1.01. The molecule has 0 amide bonds. The van der Waals surface area contributed by atoms with E-state index in [1.165, 1.54) is 24.0 Å². The Morgan fingerprint density at radius 3 is 2.93 bits per heavy atom. The molecule has 3 N–H and O–H groups in total. The van der Waals surface area contributed by atoms with Crippen molar-refractivity contribution >= 4 is 0 Å². The van der Waals surface area contributed by atoms with Crippen LogP contribution in [0.4, 0.5) is 0 Å². The van der Waals surface area contributed by atoms with E-state index in [0.717, 1.165) is 19.5 Å². The van der Waals surface area contributed by atoms with Crippen LogP contribution >= 0.6 is 0 Å².